The summed E-state index contributed by atoms with van der Waals surface area (Å²) in [6.07, 6.45) is 5.35. The van der Waals surface area contributed by atoms with Crippen molar-refractivity contribution < 1.29 is 4.79 Å². The highest BCUT2D eigenvalue weighted by Gasteiger charge is 2.34. The number of hydrogen-bond acceptors (Lipinski definition) is 2. The number of nitrogens with two attached hydrogens (primary N) is 1. The Morgan fingerprint density at radius 2 is 2.00 bits per heavy atom. The summed E-state index contributed by atoms with van der Waals surface area (Å²) in [4.78, 5) is 14.4. The van der Waals surface area contributed by atoms with Crippen LogP contribution in [0.5, 0.6) is 0 Å². The smallest absolute Gasteiger partial charge is 0.225 e. The third kappa shape index (κ3) is 2.24. The van der Waals surface area contributed by atoms with Crippen LogP contribution in [0.4, 0.5) is 0 Å². The van der Waals surface area contributed by atoms with E-state index in [1.54, 1.807) is 0 Å². The first-order chi connectivity index (χ1) is 7.59. The average Bonchev–Trinajstić information content (AvgIpc) is 2.67. The first-order valence-corrected chi connectivity index (χ1v) is 6.65. The van der Waals surface area contributed by atoms with E-state index < -0.39 is 0 Å². The van der Waals surface area contributed by atoms with Crippen molar-refractivity contribution in [2.24, 2.45) is 17.6 Å². The van der Waals surface area contributed by atoms with Crippen molar-refractivity contribution in [2.45, 2.75) is 58.0 Å². The molecule has 0 bridgehead atoms. The lowest BCUT2D eigenvalue weighted by Gasteiger charge is -2.34. The molecular weight excluding hydrogens is 200 g/mol. The highest BCUT2D eigenvalue weighted by atomic mass is 16.2. The third-order valence-electron chi connectivity index (χ3n) is 4.42. The van der Waals surface area contributed by atoms with Crippen molar-refractivity contribution in [1.82, 2.24) is 4.90 Å². The molecule has 0 aromatic heterocycles. The van der Waals surface area contributed by atoms with Gasteiger partial charge in [0.2, 0.25) is 5.91 Å². The fraction of sp³-hybridized carbons (Fsp3) is 0.923. The molecule has 3 heteroatoms. The Balaban J connectivity index is 1.95. The molecule has 2 aliphatic rings. The molecule has 4 atom stereocenters. The van der Waals surface area contributed by atoms with Crippen LogP contribution in [0.2, 0.25) is 0 Å². The van der Waals surface area contributed by atoms with Crippen molar-refractivity contribution in [3.63, 3.8) is 0 Å². The Bertz CT molecular complexity index is 267. The quantitative estimate of drug-likeness (QED) is 0.737. The summed E-state index contributed by atoms with van der Waals surface area (Å²) in [5.74, 6) is 1.14. The van der Waals surface area contributed by atoms with E-state index in [4.69, 9.17) is 5.73 Å². The van der Waals surface area contributed by atoms with E-state index in [-0.39, 0.29) is 5.92 Å². The summed E-state index contributed by atoms with van der Waals surface area (Å²) in [5, 5.41) is 0. The second kappa shape index (κ2) is 4.74. The van der Waals surface area contributed by atoms with Crippen LogP contribution in [0.25, 0.3) is 0 Å². The van der Waals surface area contributed by atoms with Crippen LogP contribution in [0.3, 0.4) is 0 Å². The lowest BCUT2D eigenvalue weighted by molar-refractivity contribution is -0.137. The first-order valence-electron chi connectivity index (χ1n) is 6.65. The van der Waals surface area contributed by atoms with Crippen molar-refractivity contribution in [3.8, 4) is 0 Å². The van der Waals surface area contributed by atoms with Crippen LogP contribution in [0, 0.1) is 11.8 Å². The van der Waals surface area contributed by atoms with Gasteiger partial charge in [-0.05, 0) is 44.9 Å². The fourth-order valence-corrected chi connectivity index (χ4v) is 3.14. The summed E-state index contributed by atoms with van der Waals surface area (Å²) in [6.45, 7) is 5.32. The summed E-state index contributed by atoms with van der Waals surface area (Å²) in [5.41, 5.74) is 6.00. The summed E-state index contributed by atoms with van der Waals surface area (Å²) >= 11 is 0. The number of rotatable bonds is 1. The molecule has 1 aliphatic carbocycles. The molecule has 0 aromatic carbocycles. The minimum absolute atomic E-state index is 0.246. The van der Waals surface area contributed by atoms with Crippen molar-refractivity contribution >= 4 is 5.91 Å². The minimum atomic E-state index is 0.246. The molecule has 0 spiro atoms. The number of hydrogen-bond donors (Lipinski definition) is 1. The van der Waals surface area contributed by atoms with Gasteiger partial charge in [0.05, 0.1) is 0 Å². The third-order valence-corrected chi connectivity index (χ3v) is 4.42. The number of amides is 1. The van der Waals surface area contributed by atoms with Crippen molar-refractivity contribution in [2.75, 3.05) is 6.54 Å². The van der Waals surface area contributed by atoms with Crippen molar-refractivity contribution in [3.05, 3.63) is 0 Å². The van der Waals surface area contributed by atoms with Crippen LogP contribution < -0.4 is 5.73 Å². The van der Waals surface area contributed by atoms with Gasteiger partial charge >= 0.3 is 0 Å². The molecule has 1 saturated heterocycles. The molecule has 1 heterocycles. The van der Waals surface area contributed by atoms with E-state index in [1.807, 2.05) is 0 Å². The lowest BCUT2D eigenvalue weighted by Crippen LogP contribution is -2.43. The molecule has 1 amide bonds. The van der Waals surface area contributed by atoms with Crippen LogP contribution in [-0.2, 0) is 4.79 Å². The van der Waals surface area contributed by atoms with Gasteiger partial charge in [-0.2, -0.15) is 0 Å². The van der Waals surface area contributed by atoms with E-state index in [0.29, 0.717) is 23.9 Å². The van der Waals surface area contributed by atoms with Gasteiger partial charge in [0, 0.05) is 24.5 Å². The van der Waals surface area contributed by atoms with E-state index in [1.165, 1.54) is 12.8 Å². The molecule has 1 saturated carbocycles. The Hall–Kier alpha value is -0.570. The maximum atomic E-state index is 12.3. The van der Waals surface area contributed by atoms with Crippen molar-refractivity contribution in [1.29, 1.82) is 0 Å². The Morgan fingerprint density at radius 1 is 1.25 bits per heavy atom. The number of nitrogens with zero attached hydrogens (tertiary/aromatic N) is 1. The topological polar surface area (TPSA) is 46.3 Å². The zero-order chi connectivity index (χ0) is 11.7. The second-order valence-electron chi connectivity index (χ2n) is 5.67. The van der Waals surface area contributed by atoms with Gasteiger partial charge in [-0.15, -0.1) is 0 Å². The number of carbonyl (C=O) groups is 1. The predicted molar refractivity (Wildman–Crippen MR) is 64.9 cm³/mol. The zero-order valence-electron chi connectivity index (χ0n) is 10.5. The molecule has 16 heavy (non-hydrogen) atoms. The van der Waals surface area contributed by atoms with Gasteiger partial charge in [0.1, 0.15) is 0 Å². The largest absolute Gasteiger partial charge is 0.340 e. The Kier molecular flexibility index (Phi) is 3.53. The van der Waals surface area contributed by atoms with Gasteiger partial charge in [0.25, 0.3) is 0 Å². The SMILES string of the molecule is CC1CC(C(=O)N2CCCC2C)CCC1N. The molecule has 0 aromatic rings. The maximum Gasteiger partial charge on any atom is 0.225 e. The van der Waals surface area contributed by atoms with E-state index in [9.17, 15) is 4.79 Å². The highest BCUT2D eigenvalue weighted by molar-refractivity contribution is 5.79. The first kappa shape index (κ1) is 11.9. The van der Waals surface area contributed by atoms with Crippen LogP contribution >= 0.6 is 0 Å². The van der Waals surface area contributed by atoms with E-state index in [0.717, 1.165) is 25.8 Å². The summed E-state index contributed by atoms with van der Waals surface area (Å²) in [6, 6.07) is 0.762. The number of carbonyl (C=O) groups excluding carboxylic acids is 1. The zero-order valence-corrected chi connectivity index (χ0v) is 10.5. The Morgan fingerprint density at radius 3 is 2.56 bits per heavy atom. The summed E-state index contributed by atoms with van der Waals surface area (Å²) in [7, 11) is 0. The molecule has 0 radical (unpaired) electrons. The van der Waals surface area contributed by atoms with Gasteiger partial charge in [-0.25, -0.2) is 0 Å². The predicted octanol–water partition coefficient (Wildman–Crippen LogP) is 1.76. The maximum absolute atomic E-state index is 12.3. The standard InChI is InChI=1S/C13H24N2O/c1-9-8-11(5-6-12(9)14)13(16)15-7-3-4-10(15)2/h9-12H,3-8,14H2,1-2H3. The lowest BCUT2D eigenvalue weighted by atomic mass is 9.78. The van der Waals surface area contributed by atoms with E-state index >= 15 is 0 Å². The highest BCUT2D eigenvalue weighted by Crippen LogP contribution is 2.31. The van der Waals surface area contributed by atoms with E-state index in [2.05, 4.69) is 18.7 Å². The molecule has 2 N–H and O–H groups in total. The average molecular weight is 224 g/mol. The molecule has 2 rings (SSSR count). The Labute approximate surface area is 98.4 Å². The van der Waals surface area contributed by atoms with Crippen LogP contribution in [0.15, 0.2) is 0 Å². The molecule has 4 unspecified atom stereocenters. The molecule has 3 nitrogen and oxygen atoms in total. The number of likely N-dealkylation sites (tertiary alicyclic amines) is 1. The fourth-order valence-electron chi connectivity index (χ4n) is 3.14. The van der Waals surface area contributed by atoms with Crippen LogP contribution in [-0.4, -0.2) is 29.4 Å². The monoisotopic (exact) mass is 224 g/mol. The van der Waals surface area contributed by atoms with Gasteiger partial charge in [-0.3, -0.25) is 4.79 Å². The second-order valence-corrected chi connectivity index (χ2v) is 5.67. The molecule has 1 aliphatic heterocycles. The molecule has 2 fully saturated rings. The molecular formula is C13H24N2O. The summed E-state index contributed by atoms with van der Waals surface area (Å²) < 4.78 is 0. The molecule has 92 valence electrons. The van der Waals surface area contributed by atoms with Gasteiger partial charge in [-0.1, -0.05) is 6.92 Å². The van der Waals surface area contributed by atoms with Gasteiger partial charge in [0.15, 0.2) is 0 Å². The minimum Gasteiger partial charge on any atom is -0.340 e. The van der Waals surface area contributed by atoms with Gasteiger partial charge < -0.3 is 10.6 Å². The van der Waals surface area contributed by atoms with Crippen LogP contribution in [0.1, 0.15) is 46.0 Å². The normalized spacial score (nSPS) is 40.1.